The predicted molar refractivity (Wildman–Crippen MR) is 82.8 cm³/mol. The van der Waals surface area contributed by atoms with E-state index < -0.39 is 4.92 Å². The Morgan fingerprint density at radius 3 is 3.00 bits per heavy atom. The van der Waals surface area contributed by atoms with Crippen LogP contribution in [0, 0.1) is 14.9 Å². The quantitative estimate of drug-likeness (QED) is 0.398. The highest BCUT2D eigenvalue weighted by Crippen LogP contribution is 2.18. The molecule has 1 N–H and O–H groups in total. The highest BCUT2D eigenvalue weighted by atomic mass is 32.1. The minimum atomic E-state index is -0.418. The van der Waals surface area contributed by atoms with Crippen LogP contribution in [0.3, 0.4) is 0 Å². The number of nitrogens with zero attached hydrogens (tertiary/aromatic N) is 4. The molecule has 108 valence electrons. The number of allylic oxidation sites excluding steroid dienone is 1. The molecule has 0 aliphatic carbocycles. The van der Waals surface area contributed by atoms with Crippen LogP contribution in [0.15, 0.2) is 35.4 Å². The number of benzene rings is 1. The van der Waals surface area contributed by atoms with Crippen LogP contribution < -0.4 is 0 Å². The van der Waals surface area contributed by atoms with Crippen LogP contribution in [0.2, 0.25) is 0 Å². The van der Waals surface area contributed by atoms with Crippen molar-refractivity contribution >= 4 is 30.2 Å². The molecule has 0 fully saturated rings. The second-order valence-electron chi connectivity index (χ2n) is 4.05. The summed E-state index contributed by atoms with van der Waals surface area (Å²) in [5, 5.41) is 21.7. The maximum atomic E-state index is 10.9. The van der Waals surface area contributed by atoms with Crippen molar-refractivity contribution in [3.8, 4) is 0 Å². The molecule has 8 heteroatoms. The molecule has 0 aliphatic heterocycles. The second-order valence-corrected chi connectivity index (χ2v) is 4.44. The van der Waals surface area contributed by atoms with Gasteiger partial charge in [0.2, 0.25) is 4.77 Å². The van der Waals surface area contributed by atoms with Gasteiger partial charge in [-0.05, 0) is 30.4 Å². The number of rotatable bonds is 5. The van der Waals surface area contributed by atoms with Crippen LogP contribution in [-0.2, 0) is 6.42 Å². The minimum absolute atomic E-state index is 0.0521. The van der Waals surface area contributed by atoms with Crippen LogP contribution >= 0.6 is 12.2 Å². The van der Waals surface area contributed by atoms with Crippen molar-refractivity contribution in [2.75, 3.05) is 0 Å². The summed E-state index contributed by atoms with van der Waals surface area (Å²) in [5.41, 5.74) is 0.566. The van der Waals surface area contributed by atoms with Gasteiger partial charge < -0.3 is 0 Å². The first-order valence-electron chi connectivity index (χ1n) is 6.24. The smallest absolute Gasteiger partial charge is 0.258 e. The number of hydrogen-bond acceptors (Lipinski definition) is 5. The fourth-order valence-electron chi connectivity index (χ4n) is 1.72. The van der Waals surface area contributed by atoms with Crippen molar-refractivity contribution in [1.82, 2.24) is 14.9 Å². The SMILES string of the molecule is CCc1n[nH]c(=S)n1/N=C\C=C\c1ccccc1[N+](=O)[O-]. The van der Waals surface area contributed by atoms with E-state index in [-0.39, 0.29) is 5.69 Å². The molecular formula is C13H13N5O2S. The predicted octanol–water partition coefficient (Wildman–Crippen LogP) is 2.96. The third-order valence-corrected chi connectivity index (χ3v) is 2.98. The highest BCUT2D eigenvalue weighted by molar-refractivity contribution is 7.71. The Balaban J connectivity index is 2.20. The Hall–Kier alpha value is -2.61. The van der Waals surface area contributed by atoms with Gasteiger partial charge in [0.25, 0.3) is 5.69 Å². The van der Waals surface area contributed by atoms with E-state index in [1.165, 1.54) is 17.0 Å². The topological polar surface area (TPSA) is 89.1 Å². The molecule has 0 aliphatic rings. The molecule has 0 unspecified atom stereocenters. The van der Waals surface area contributed by atoms with Crippen molar-refractivity contribution < 1.29 is 4.92 Å². The van der Waals surface area contributed by atoms with Crippen molar-refractivity contribution in [3.63, 3.8) is 0 Å². The fraction of sp³-hybridized carbons (Fsp3) is 0.154. The van der Waals surface area contributed by atoms with Gasteiger partial charge in [0, 0.05) is 18.7 Å². The summed E-state index contributed by atoms with van der Waals surface area (Å²) >= 11 is 5.05. The monoisotopic (exact) mass is 303 g/mol. The fourth-order valence-corrected chi connectivity index (χ4v) is 1.92. The summed E-state index contributed by atoms with van der Waals surface area (Å²) in [6.07, 6.45) is 5.45. The van der Waals surface area contributed by atoms with Crippen LogP contribution in [0.4, 0.5) is 5.69 Å². The van der Waals surface area contributed by atoms with E-state index in [0.29, 0.717) is 16.8 Å². The first kappa shape index (κ1) is 14.8. The Bertz CT molecular complexity index is 760. The van der Waals surface area contributed by atoms with Crippen LogP contribution in [-0.4, -0.2) is 26.0 Å². The Kier molecular flexibility index (Phi) is 4.72. The number of para-hydroxylation sites is 1. The molecule has 2 aromatic rings. The second kappa shape index (κ2) is 6.71. The lowest BCUT2D eigenvalue weighted by molar-refractivity contribution is -0.385. The van der Waals surface area contributed by atoms with Crippen molar-refractivity contribution in [1.29, 1.82) is 0 Å². The van der Waals surface area contributed by atoms with Crippen molar-refractivity contribution in [2.24, 2.45) is 5.10 Å². The van der Waals surface area contributed by atoms with E-state index in [1.54, 1.807) is 30.4 Å². The highest BCUT2D eigenvalue weighted by Gasteiger charge is 2.08. The standard InChI is InChI=1S/C13H13N5O2S/c1-2-12-15-16-13(21)17(12)14-9-5-7-10-6-3-4-8-11(10)18(19)20/h3-9H,2H2,1H3,(H,16,21)/b7-5+,14-9-. The average molecular weight is 303 g/mol. The van der Waals surface area contributed by atoms with Gasteiger partial charge in [-0.2, -0.15) is 14.9 Å². The van der Waals surface area contributed by atoms with Crippen LogP contribution in [0.25, 0.3) is 6.08 Å². The zero-order chi connectivity index (χ0) is 15.2. The summed E-state index contributed by atoms with van der Waals surface area (Å²) in [4.78, 5) is 10.5. The molecule has 1 aromatic heterocycles. The van der Waals surface area contributed by atoms with Gasteiger partial charge >= 0.3 is 0 Å². The van der Waals surface area contributed by atoms with Gasteiger partial charge in [0.05, 0.1) is 10.5 Å². The number of nitrogens with one attached hydrogen (secondary N) is 1. The normalized spacial score (nSPS) is 11.5. The lowest BCUT2D eigenvalue weighted by Crippen LogP contribution is -1.96. The van der Waals surface area contributed by atoms with Crippen molar-refractivity contribution in [2.45, 2.75) is 13.3 Å². The maximum Gasteiger partial charge on any atom is 0.276 e. The molecule has 0 spiro atoms. The Morgan fingerprint density at radius 1 is 1.52 bits per heavy atom. The molecule has 0 saturated heterocycles. The number of nitro benzene ring substituents is 1. The third-order valence-electron chi connectivity index (χ3n) is 2.71. The number of aromatic nitrogens is 3. The summed E-state index contributed by atoms with van der Waals surface area (Å²) in [7, 11) is 0. The summed E-state index contributed by atoms with van der Waals surface area (Å²) < 4.78 is 1.92. The zero-order valence-corrected chi connectivity index (χ0v) is 12.1. The van der Waals surface area contributed by atoms with E-state index in [9.17, 15) is 10.1 Å². The third kappa shape index (κ3) is 3.48. The largest absolute Gasteiger partial charge is 0.276 e. The Labute approximate surface area is 125 Å². The number of aryl methyl sites for hydroxylation is 1. The molecule has 1 heterocycles. The number of aromatic amines is 1. The average Bonchev–Trinajstić information content (AvgIpc) is 2.84. The maximum absolute atomic E-state index is 10.9. The van der Waals surface area contributed by atoms with E-state index in [1.807, 2.05) is 6.92 Å². The number of nitro groups is 1. The van der Waals surface area contributed by atoms with Gasteiger partial charge in [0.1, 0.15) is 0 Å². The van der Waals surface area contributed by atoms with Gasteiger partial charge in [-0.1, -0.05) is 19.1 Å². The first-order chi connectivity index (χ1) is 10.1. The van der Waals surface area contributed by atoms with Gasteiger partial charge in [-0.3, -0.25) is 15.2 Å². The van der Waals surface area contributed by atoms with Crippen LogP contribution in [0.1, 0.15) is 18.3 Å². The minimum Gasteiger partial charge on any atom is -0.258 e. The summed E-state index contributed by atoms with van der Waals surface area (Å²) in [6.45, 7) is 1.94. The molecule has 0 atom stereocenters. The van der Waals surface area contributed by atoms with Gasteiger partial charge in [-0.15, -0.1) is 0 Å². The van der Waals surface area contributed by atoms with Crippen LogP contribution in [0.5, 0.6) is 0 Å². The molecular weight excluding hydrogens is 290 g/mol. The van der Waals surface area contributed by atoms with E-state index in [0.717, 1.165) is 5.82 Å². The van der Waals surface area contributed by atoms with Gasteiger partial charge in [0.15, 0.2) is 5.82 Å². The molecule has 0 bridgehead atoms. The molecule has 2 rings (SSSR count). The van der Waals surface area contributed by atoms with Gasteiger partial charge in [-0.25, -0.2) is 0 Å². The van der Waals surface area contributed by atoms with E-state index >= 15 is 0 Å². The lowest BCUT2D eigenvalue weighted by atomic mass is 10.2. The number of hydrogen-bond donors (Lipinski definition) is 1. The Morgan fingerprint density at radius 2 is 2.29 bits per heavy atom. The molecule has 0 amide bonds. The van der Waals surface area contributed by atoms with Crippen molar-refractivity contribution in [3.05, 3.63) is 56.6 Å². The summed E-state index contributed by atoms with van der Waals surface area (Å²) in [6, 6.07) is 6.49. The first-order valence-corrected chi connectivity index (χ1v) is 6.65. The molecule has 21 heavy (non-hydrogen) atoms. The van der Waals surface area contributed by atoms with E-state index in [4.69, 9.17) is 12.2 Å². The molecule has 0 radical (unpaired) electrons. The van der Waals surface area contributed by atoms with E-state index in [2.05, 4.69) is 15.3 Å². The molecule has 0 saturated carbocycles. The lowest BCUT2D eigenvalue weighted by Gasteiger charge is -1.96. The molecule has 7 nitrogen and oxygen atoms in total. The molecule has 1 aromatic carbocycles. The zero-order valence-electron chi connectivity index (χ0n) is 11.3. The summed E-state index contributed by atoms with van der Waals surface area (Å²) in [5.74, 6) is 0.718. The number of H-pyrrole nitrogens is 1.